The first-order valence-corrected chi connectivity index (χ1v) is 9.67. The van der Waals surface area contributed by atoms with E-state index in [1.54, 1.807) is 4.90 Å². The number of piperazine rings is 1. The van der Waals surface area contributed by atoms with Gasteiger partial charge in [-0.1, -0.05) is 0 Å². The molecule has 2 rings (SSSR count). The molecule has 7 nitrogen and oxygen atoms in total. The summed E-state index contributed by atoms with van der Waals surface area (Å²) in [6, 6.07) is 2.81. The average Bonchev–Trinajstić information content (AvgIpc) is 2.60. The summed E-state index contributed by atoms with van der Waals surface area (Å²) in [4.78, 5) is 27.8. The highest BCUT2D eigenvalue weighted by atomic mass is 19.4. The van der Waals surface area contributed by atoms with Crippen LogP contribution < -0.4 is 9.80 Å². The maximum atomic E-state index is 12.9. The molecule has 1 amide bonds. The first-order chi connectivity index (χ1) is 13.4. The quantitative estimate of drug-likeness (QED) is 0.568. The Morgan fingerprint density at radius 1 is 1.21 bits per heavy atom. The lowest BCUT2D eigenvalue weighted by atomic mass is 10.1. The molecule has 10 heteroatoms. The van der Waals surface area contributed by atoms with Gasteiger partial charge < -0.3 is 14.7 Å². The smallest absolute Gasteiger partial charge is 0.355 e. The first kappa shape index (κ1) is 22.9. The van der Waals surface area contributed by atoms with Crippen LogP contribution in [0, 0.1) is 10.1 Å². The molecule has 1 fully saturated rings. The lowest BCUT2D eigenvalue weighted by Crippen LogP contribution is -3.16. The number of hydrogen-bond donors (Lipinski definition) is 1. The maximum Gasteiger partial charge on any atom is 0.416 e. The number of nitrogens with zero attached hydrogens (tertiary/aromatic N) is 3. The van der Waals surface area contributed by atoms with Crippen molar-refractivity contribution in [1.82, 2.24) is 4.90 Å². The highest BCUT2D eigenvalue weighted by Crippen LogP contribution is 2.36. The molecule has 29 heavy (non-hydrogen) atoms. The van der Waals surface area contributed by atoms with Gasteiger partial charge in [0.2, 0.25) is 0 Å². The molecule has 1 aromatic rings. The molecule has 0 atom stereocenters. The van der Waals surface area contributed by atoms with Gasteiger partial charge in [-0.2, -0.15) is 13.2 Å². The van der Waals surface area contributed by atoms with E-state index in [-0.39, 0.29) is 23.7 Å². The van der Waals surface area contributed by atoms with Crippen LogP contribution in [-0.4, -0.2) is 60.5 Å². The number of nitro benzene ring substituents is 1. The molecule has 0 bridgehead atoms. The Balaban J connectivity index is 2.07. The third-order valence-electron chi connectivity index (χ3n) is 5.11. The number of hydrogen-bond acceptors (Lipinski definition) is 4. The summed E-state index contributed by atoms with van der Waals surface area (Å²) >= 11 is 0. The van der Waals surface area contributed by atoms with Crippen LogP contribution in [0.2, 0.25) is 0 Å². The summed E-state index contributed by atoms with van der Waals surface area (Å²) in [5, 5.41) is 11.3. The van der Waals surface area contributed by atoms with Gasteiger partial charge in [0, 0.05) is 18.2 Å². The van der Waals surface area contributed by atoms with Crippen molar-refractivity contribution >= 4 is 17.3 Å². The second-order valence-corrected chi connectivity index (χ2v) is 7.86. The molecule has 1 heterocycles. The van der Waals surface area contributed by atoms with Gasteiger partial charge in [-0.25, -0.2) is 0 Å². The monoisotopic (exact) mass is 417 g/mol. The molecule has 1 N–H and O–H groups in total. The van der Waals surface area contributed by atoms with Crippen LogP contribution in [0.3, 0.4) is 0 Å². The Labute approximate surface area is 168 Å². The summed E-state index contributed by atoms with van der Waals surface area (Å²) in [5.41, 5.74) is -1.41. The molecule has 0 aromatic heterocycles. The Kier molecular flexibility index (Phi) is 7.10. The normalized spacial score (nSPS) is 15.8. The summed E-state index contributed by atoms with van der Waals surface area (Å²) in [5.74, 6) is 0.0546. The second-order valence-electron chi connectivity index (χ2n) is 7.86. The zero-order valence-corrected chi connectivity index (χ0v) is 17.1. The molecule has 162 valence electrons. The maximum absolute atomic E-state index is 12.9. The van der Waals surface area contributed by atoms with Crippen LogP contribution in [0.4, 0.5) is 24.5 Å². The summed E-state index contributed by atoms with van der Waals surface area (Å²) < 4.78 is 38.6. The van der Waals surface area contributed by atoms with E-state index >= 15 is 0 Å². The molecule has 0 saturated carbocycles. The predicted octanol–water partition coefficient (Wildman–Crippen LogP) is 1.96. The van der Waals surface area contributed by atoms with E-state index in [2.05, 4.69) is 0 Å². The van der Waals surface area contributed by atoms with E-state index < -0.39 is 22.4 Å². The minimum absolute atomic E-state index is 0.0546. The molecular formula is C19H28F3N4O3+. The number of halogens is 3. The lowest BCUT2D eigenvalue weighted by Gasteiger charge is -2.36. The zero-order chi connectivity index (χ0) is 21.9. The predicted molar refractivity (Wildman–Crippen MR) is 103 cm³/mol. The lowest BCUT2D eigenvalue weighted by molar-refractivity contribution is -0.892. The number of rotatable bonds is 6. The molecule has 1 saturated heterocycles. The third-order valence-corrected chi connectivity index (χ3v) is 5.11. The van der Waals surface area contributed by atoms with E-state index in [1.165, 1.54) is 0 Å². The fraction of sp³-hybridized carbons (Fsp3) is 0.632. The largest absolute Gasteiger partial charge is 0.416 e. The Hall–Kier alpha value is -2.36. The zero-order valence-electron chi connectivity index (χ0n) is 17.1. The SMILES string of the molecule is CC(C)N(C(=O)C[NH+]1CCN(c2ccc(C(F)(F)F)cc2[N+](=O)[O-])CC1)C(C)C. The number of nitrogens with one attached hydrogen (secondary N) is 1. The second kappa shape index (κ2) is 8.98. The Morgan fingerprint density at radius 3 is 2.21 bits per heavy atom. The fourth-order valence-corrected chi connectivity index (χ4v) is 3.83. The number of alkyl halides is 3. The topological polar surface area (TPSA) is 71.1 Å². The number of carbonyl (C=O) groups excluding carboxylic acids is 1. The van der Waals surface area contributed by atoms with Gasteiger partial charge >= 0.3 is 6.18 Å². The van der Waals surface area contributed by atoms with Gasteiger partial charge in [0.15, 0.2) is 6.54 Å². The Bertz CT molecular complexity index is 737. The van der Waals surface area contributed by atoms with Crippen molar-refractivity contribution in [3.8, 4) is 0 Å². The summed E-state index contributed by atoms with van der Waals surface area (Å²) in [7, 11) is 0. The van der Waals surface area contributed by atoms with Crippen molar-refractivity contribution in [3.05, 3.63) is 33.9 Å². The van der Waals surface area contributed by atoms with Gasteiger partial charge in [-0.05, 0) is 39.8 Å². The van der Waals surface area contributed by atoms with Crippen LogP contribution in [0.15, 0.2) is 18.2 Å². The van der Waals surface area contributed by atoms with Crippen LogP contribution in [0.5, 0.6) is 0 Å². The highest BCUT2D eigenvalue weighted by Gasteiger charge is 2.35. The van der Waals surface area contributed by atoms with E-state index in [0.29, 0.717) is 38.8 Å². The molecular weight excluding hydrogens is 389 g/mol. The number of quaternary nitrogens is 1. The van der Waals surface area contributed by atoms with Crippen LogP contribution in [-0.2, 0) is 11.0 Å². The average molecular weight is 417 g/mol. The minimum atomic E-state index is -4.63. The third kappa shape index (κ3) is 5.59. The number of amides is 1. The summed E-state index contributed by atoms with van der Waals surface area (Å²) in [6.45, 7) is 10.2. The van der Waals surface area contributed by atoms with Gasteiger partial charge in [0.25, 0.3) is 11.6 Å². The first-order valence-electron chi connectivity index (χ1n) is 9.67. The van der Waals surface area contributed by atoms with Crippen LogP contribution in [0.25, 0.3) is 0 Å². The molecule has 0 radical (unpaired) electrons. The summed E-state index contributed by atoms with van der Waals surface area (Å²) in [6.07, 6.45) is -4.63. The van der Waals surface area contributed by atoms with Gasteiger partial charge in [0.05, 0.1) is 36.7 Å². The Morgan fingerprint density at radius 2 is 1.76 bits per heavy atom. The number of anilines is 1. The van der Waals surface area contributed by atoms with Crippen molar-refractivity contribution in [1.29, 1.82) is 0 Å². The van der Waals surface area contributed by atoms with E-state index in [0.717, 1.165) is 17.0 Å². The fourth-order valence-electron chi connectivity index (χ4n) is 3.83. The van der Waals surface area contributed by atoms with E-state index in [1.807, 2.05) is 32.6 Å². The standard InChI is InChI=1S/C19H27F3N4O3/c1-13(2)25(14(3)4)18(27)12-23-7-9-24(10-8-23)16-6-5-15(19(20,21)22)11-17(16)26(28)29/h5-6,11,13-14H,7-10,12H2,1-4H3/p+1. The van der Waals surface area contributed by atoms with E-state index in [9.17, 15) is 28.1 Å². The molecule has 0 spiro atoms. The van der Waals surface area contributed by atoms with Crippen molar-refractivity contribution in [2.75, 3.05) is 37.6 Å². The van der Waals surface area contributed by atoms with Crippen molar-refractivity contribution in [2.24, 2.45) is 0 Å². The van der Waals surface area contributed by atoms with Gasteiger partial charge in [-0.15, -0.1) is 0 Å². The molecule has 1 aliphatic rings. The molecule has 1 aromatic carbocycles. The van der Waals surface area contributed by atoms with Crippen molar-refractivity contribution in [3.63, 3.8) is 0 Å². The van der Waals surface area contributed by atoms with Crippen molar-refractivity contribution < 1.29 is 27.8 Å². The van der Waals surface area contributed by atoms with Gasteiger partial charge in [-0.3, -0.25) is 14.9 Å². The minimum Gasteiger partial charge on any atom is -0.355 e. The number of carbonyl (C=O) groups is 1. The molecule has 1 aliphatic heterocycles. The van der Waals surface area contributed by atoms with E-state index in [4.69, 9.17) is 0 Å². The van der Waals surface area contributed by atoms with Crippen LogP contribution >= 0.6 is 0 Å². The number of nitro groups is 1. The molecule has 0 unspecified atom stereocenters. The number of benzene rings is 1. The molecule has 0 aliphatic carbocycles. The van der Waals surface area contributed by atoms with Crippen LogP contribution in [0.1, 0.15) is 33.3 Å². The highest BCUT2D eigenvalue weighted by molar-refractivity contribution is 5.77. The van der Waals surface area contributed by atoms with Crippen molar-refractivity contribution in [2.45, 2.75) is 46.0 Å². The van der Waals surface area contributed by atoms with Gasteiger partial charge in [0.1, 0.15) is 5.69 Å².